The third kappa shape index (κ3) is 3.89. The van der Waals surface area contributed by atoms with Crippen molar-refractivity contribution < 1.29 is 5.11 Å². The molecule has 0 fully saturated rings. The van der Waals surface area contributed by atoms with Crippen LogP contribution in [0.5, 0.6) is 0 Å². The summed E-state index contributed by atoms with van der Waals surface area (Å²) in [6.45, 7) is 0.196. The maximum atomic E-state index is 9.46. The van der Waals surface area contributed by atoms with Crippen LogP contribution in [0.3, 0.4) is 0 Å². The van der Waals surface area contributed by atoms with Gasteiger partial charge in [0.1, 0.15) is 6.10 Å². The molecule has 0 spiro atoms. The summed E-state index contributed by atoms with van der Waals surface area (Å²) in [5, 5.41) is 8.94. The number of nitrogen functional groups attached to an aromatic ring is 1. The van der Waals surface area contributed by atoms with Crippen LogP contribution >= 0.6 is 36.4 Å². The van der Waals surface area contributed by atoms with Crippen LogP contribution in [0.2, 0.25) is 0 Å². The number of hydrogen-bond donors (Lipinski definition) is 4. The quantitative estimate of drug-likeness (QED) is 0.594. The summed E-state index contributed by atoms with van der Waals surface area (Å²) >= 11 is 5.70. The highest BCUT2D eigenvalue weighted by Crippen LogP contribution is 2.18. The maximum absolute atomic E-state index is 9.46. The Bertz CT molecular complexity index is 257. The molecule has 0 radical (unpaired) electrons. The second-order valence-corrected chi connectivity index (χ2v) is 2.98. The number of aliphatic hydroxyl groups excluding tert-OH is 1. The van der Waals surface area contributed by atoms with Gasteiger partial charge in [0.05, 0.1) is 17.3 Å². The zero-order valence-electron chi connectivity index (χ0n) is 7.18. The molecule has 2 atom stereocenters. The number of imidazole rings is 1. The number of nitrogens with one attached hydrogen (secondary N) is 1. The third-order valence-corrected chi connectivity index (χ3v) is 1.92. The number of nitrogens with zero attached hydrogens (tertiary/aromatic N) is 1. The second-order valence-electron chi connectivity index (χ2n) is 2.42. The predicted molar refractivity (Wildman–Crippen MR) is 61.2 cm³/mol. The van der Waals surface area contributed by atoms with Gasteiger partial charge in [-0.1, -0.05) is 0 Å². The molecule has 0 aromatic carbocycles. The van der Waals surface area contributed by atoms with Gasteiger partial charge in [-0.15, -0.1) is 36.4 Å². The molecule has 0 saturated heterocycles. The summed E-state index contributed by atoms with van der Waals surface area (Å²) < 4.78 is 0. The van der Waals surface area contributed by atoms with Gasteiger partial charge in [-0.25, -0.2) is 4.98 Å². The van der Waals surface area contributed by atoms with Crippen LogP contribution in [0.1, 0.15) is 11.8 Å². The van der Waals surface area contributed by atoms with Crippen LogP contribution in [0, 0.1) is 0 Å². The van der Waals surface area contributed by atoms with Crippen molar-refractivity contribution in [1.29, 1.82) is 0 Å². The van der Waals surface area contributed by atoms with E-state index in [2.05, 4.69) is 9.97 Å². The van der Waals surface area contributed by atoms with Gasteiger partial charge < -0.3 is 21.6 Å². The molecule has 14 heavy (non-hydrogen) atoms. The molecule has 5 nitrogen and oxygen atoms in total. The Balaban J connectivity index is 0. The van der Waals surface area contributed by atoms with E-state index >= 15 is 0 Å². The minimum Gasteiger partial charge on any atom is -0.385 e. The lowest BCUT2D eigenvalue weighted by molar-refractivity contribution is 0.170. The van der Waals surface area contributed by atoms with Crippen molar-refractivity contribution in [3.05, 3.63) is 11.9 Å². The molecule has 0 saturated carbocycles. The van der Waals surface area contributed by atoms with Gasteiger partial charge in [0.25, 0.3) is 0 Å². The Morgan fingerprint density at radius 3 is 2.50 bits per heavy atom. The number of alkyl halides is 1. The first-order valence-corrected chi connectivity index (χ1v) is 3.91. The molecule has 0 unspecified atom stereocenters. The van der Waals surface area contributed by atoms with Gasteiger partial charge in [-0.2, -0.15) is 0 Å². The van der Waals surface area contributed by atoms with Crippen molar-refractivity contribution in [2.24, 2.45) is 5.73 Å². The van der Waals surface area contributed by atoms with E-state index < -0.39 is 11.5 Å². The number of H-pyrrole nitrogens is 1. The average molecular weight is 264 g/mol. The molecule has 0 aliphatic heterocycles. The maximum Gasteiger partial charge on any atom is 0.197 e. The molecule has 0 amide bonds. The largest absolute Gasteiger partial charge is 0.385 e. The molecule has 1 aromatic rings. The predicted octanol–water partition coefficient (Wildman–Crippen LogP) is 0.435. The third-order valence-electron chi connectivity index (χ3n) is 1.50. The lowest BCUT2D eigenvalue weighted by Crippen LogP contribution is -2.22. The molecular formula is C6H13Cl3N4O. The molecule has 1 rings (SSSR count). The van der Waals surface area contributed by atoms with E-state index in [9.17, 15) is 5.11 Å². The highest BCUT2D eigenvalue weighted by molar-refractivity contribution is 6.21. The molecule has 6 N–H and O–H groups in total. The molecule has 1 heterocycles. The molecule has 0 aliphatic rings. The van der Waals surface area contributed by atoms with Gasteiger partial charge >= 0.3 is 0 Å². The van der Waals surface area contributed by atoms with Gasteiger partial charge in [-0.05, 0) is 0 Å². The smallest absolute Gasteiger partial charge is 0.197 e. The lowest BCUT2D eigenvalue weighted by atomic mass is 10.2. The fourth-order valence-corrected chi connectivity index (χ4v) is 0.961. The molecule has 0 bridgehead atoms. The van der Waals surface area contributed by atoms with Crippen LogP contribution < -0.4 is 11.5 Å². The van der Waals surface area contributed by atoms with E-state index in [1.807, 2.05) is 0 Å². The van der Waals surface area contributed by atoms with E-state index in [1.54, 1.807) is 0 Å². The normalized spacial score (nSPS) is 13.6. The van der Waals surface area contributed by atoms with E-state index in [0.29, 0.717) is 5.69 Å². The molecule has 1 aromatic heterocycles. The summed E-state index contributed by atoms with van der Waals surface area (Å²) in [5.74, 6) is 0.255. The van der Waals surface area contributed by atoms with E-state index in [0.717, 1.165) is 0 Å². The van der Waals surface area contributed by atoms with E-state index in [4.69, 9.17) is 23.1 Å². The van der Waals surface area contributed by atoms with Crippen LogP contribution in [0.25, 0.3) is 0 Å². The fraction of sp³-hybridized carbons (Fsp3) is 0.500. The Kier molecular flexibility index (Phi) is 8.28. The fourth-order valence-electron chi connectivity index (χ4n) is 0.826. The molecule has 84 valence electrons. The van der Waals surface area contributed by atoms with Crippen LogP contribution in [-0.4, -0.2) is 27.0 Å². The highest BCUT2D eigenvalue weighted by atomic mass is 35.5. The first kappa shape index (κ1) is 16.2. The lowest BCUT2D eigenvalue weighted by Gasteiger charge is -2.12. The van der Waals surface area contributed by atoms with Gasteiger partial charge in [0.15, 0.2) is 5.95 Å². The zero-order chi connectivity index (χ0) is 9.14. The minimum absolute atomic E-state index is 0. The number of aromatic amines is 1. The standard InChI is InChI=1S/C6H11ClN4O.2ClH/c7-3(1-8)5(12)4-2-10-6(9)11-4;;/h2-3,5,12H,1,8H2,(H3,9,10,11);2*1H/t3-,5+;;/m0../s1. The second kappa shape index (κ2) is 7.14. The number of rotatable bonds is 3. The monoisotopic (exact) mass is 262 g/mol. The van der Waals surface area contributed by atoms with E-state index in [-0.39, 0.29) is 37.3 Å². The van der Waals surface area contributed by atoms with Crippen molar-refractivity contribution in [3.63, 3.8) is 0 Å². The number of hydrogen-bond acceptors (Lipinski definition) is 4. The van der Waals surface area contributed by atoms with Crippen LogP contribution in [0.4, 0.5) is 5.95 Å². The minimum atomic E-state index is -0.846. The first-order chi connectivity index (χ1) is 5.65. The van der Waals surface area contributed by atoms with Gasteiger partial charge in [-0.3, -0.25) is 0 Å². The molecular weight excluding hydrogens is 250 g/mol. The van der Waals surface area contributed by atoms with Crippen LogP contribution in [0.15, 0.2) is 6.20 Å². The van der Waals surface area contributed by atoms with Gasteiger partial charge in [0, 0.05) is 6.54 Å². The van der Waals surface area contributed by atoms with E-state index in [1.165, 1.54) is 6.20 Å². The Labute approximate surface area is 99.0 Å². The summed E-state index contributed by atoms with van der Waals surface area (Å²) in [4.78, 5) is 6.38. The topological polar surface area (TPSA) is 101 Å². The van der Waals surface area contributed by atoms with Crippen molar-refractivity contribution in [1.82, 2.24) is 9.97 Å². The van der Waals surface area contributed by atoms with Crippen molar-refractivity contribution in [2.45, 2.75) is 11.5 Å². The summed E-state index contributed by atoms with van der Waals surface area (Å²) in [6, 6.07) is 0. The Hall–Kier alpha value is -0.200. The van der Waals surface area contributed by atoms with Crippen molar-refractivity contribution in [3.8, 4) is 0 Å². The number of halogens is 3. The SMILES string of the molecule is Cl.Cl.NC[C@H](Cl)[C@@H](O)c1cnc(N)[nH]1. The average Bonchev–Trinajstić information content (AvgIpc) is 2.49. The number of aromatic nitrogens is 2. The molecule has 0 aliphatic carbocycles. The summed E-state index contributed by atoms with van der Waals surface area (Å²) in [5.41, 5.74) is 11.0. The highest BCUT2D eigenvalue weighted by Gasteiger charge is 2.18. The number of aliphatic hydroxyl groups is 1. The Morgan fingerprint density at radius 2 is 2.14 bits per heavy atom. The molecule has 8 heteroatoms. The number of nitrogens with two attached hydrogens (primary N) is 2. The van der Waals surface area contributed by atoms with Crippen LogP contribution in [-0.2, 0) is 0 Å². The zero-order valence-corrected chi connectivity index (χ0v) is 9.57. The number of anilines is 1. The van der Waals surface area contributed by atoms with Crippen molar-refractivity contribution in [2.75, 3.05) is 12.3 Å². The van der Waals surface area contributed by atoms with Crippen molar-refractivity contribution >= 4 is 42.4 Å². The summed E-state index contributed by atoms with van der Waals surface area (Å²) in [7, 11) is 0. The first-order valence-electron chi connectivity index (χ1n) is 3.47. The summed E-state index contributed by atoms with van der Waals surface area (Å²) in [6.07, 6.45) is 0.590. The Morgan fingerprint density at radius 1 is 1.57 bits per heavy atom. The van der Waals surface area contributed by atoms with Gasteiger partial charge in [0.2, 0.25) is 0 Å².